The standard InChI is InChI=1S/C34H41N3O5S/c1-10-24-14-16-25(17-15-24)31(39)37(36(33(4,5)6)30(38)27-19-22(2)18-23(3)20-27)43-35(9)32(40)41-28-13-11-12-26-21-34(7,8)42-29(26)28/h11-20H,10,21H2,1-9H3. The molecule has 0 fully saturated rings. The number of hydrazine groups is 1. The Morgan fingerprint density at radius 1 is 0.930 bits per heavy atom. The van der Waals surface area contributed by atoms with Gasteiger partial charge in [0.05, 0.1) is 5.54 Å². The van der Waals surface area contributed by atoms with E-state index in [2.05, 4.69) is 0 Å². The highest BCUT2D eigenvalue weighted by atomic mass is 32.2. The molecule has 228 valence electrons. The highest BCUT2D eigenvalue weighted by Crippen LogP contribution is 2.42. The number of nitrogens with zero attached hydrogens (tertiary/aromatic N) is 3. The molecule has 1 aliphatic heterocycles. The number of fused-ring (bicyclic) bond motifs is 1. The molecule has 0 aromatic heterocycles. The van der Waals surface area contributed by atoms with E-state index >= 15 is 0 Å². The summed E-state index contributed by atoms with van der Waals surface area (Å²) in [5, 5.41) is 1.40. The summed E-state index contributed by atoms with van der Waals surface area (Å²) in [5.74, 6) is 0.00583. The summed E-state index contributed by atoms with van der Waals surface area (Å²) in [4.78, 5) is 41.8. The van der Waals surface area contributed by atoms with Gasteiger partial charge in [0.2, 0.25) is 0 Å². The van der Waals surface area contributed by atoms with Crippen molar-refractivity contribution in [3.63, 3.8) is 0 Å². The molecule has 0 atom stereocenters. The van der Waals surface area contributed by atoms with E-state index < -0.39 is 23.1 Å². The van der Waals surface area contributed by atoms with Crippen LogP contribution in [0.15, 0.2) is 60.7 Å². The summed E-state index contributed by atoms with van der Waals surface area (Å²) >= 11 is 0.791. The van der Waals surface area contributed by atoms with Gasteiger partial charge in [0.1, 0.15) is 17.7 Å². The summed E-state index contributed by atoms with van der Waals surface area (Å²) in [6.45, 7) is 15.4. The van der Waals surface area contributed by atoms with Gasteiger partial charge in [-0.05, 0) is 90.8 Å². The fourth-order valence-corrected chi connectivity index (χ4v) is 5.92. The first kappa shape index (κ1) is 31.9. The maximum Gasteiger partial charge on any atom is 0.426 e. The number of ether oxygens (including phenoxy) is 2. The highest BCUT2D eigenvalue weighted by Gasteiger charge is 2.39. The summed E-state index contributed by atoms with van der Waals surface area (Å²) < 4.78 is 14.3. The van der Waals surface area contributed by atoms with E-state index in [4.69, 9.17) is 9.47 Å². The van der Waals surface area contributed by atoms with Crippen molar-refractivity contribution in [2.24, 2.45) is 0 Å². The van der Waals surface area contributed by atoms with E-state index in [1.807, 2.05) is 85.7 Å². The molecule has 0 N–H and O–H groups in total. The zero-order valence-electron chi connectivity index (χ0n) is 26.5. The van der Waals surface area contributed by atoms with Crippen LogP contribution < -0.4 is 9.47 Å². The van der Waals surface area contributed by atoms with E-state index in [0.29, 0.717) is 29.0 Å². The van der Waals surface area contributed by atoms with Gasteiger partial charge in [-0.25, -0.2) is 14.1 Å². The first-order valence-electron chi connectivity index (χ1n) is 14.4. The lowest BCUT2D eigenvalue weighted by molar-refractivity contribution is -0.00128. The lowest BCUT2D eigenvalue weighted by atomic mass is 10.0. The molecule has 0 aliphatic carbocycles. The van der Waals surface area contributed by atoms with Crippen LogP contribution in [0.4, 0.5) is 4.79 Å². The first-order valence-corrected chi connectivity index (χ1v) is 15.1. The van der Waals surface area contributed by atoms with Crippen LogP contribution in [0.3, 0.4) is 0 Å². The Bertz CT molecular complexity index is 1510. The minimum Gasteiger partial charge on any atom is -0.483 e. The molecule has 3 aromatic rings. The lowest BCUT2D eigenvalue weighted by Crippen LogP contribution is -2.56. The van der Waals surface area contributed by atoms with Gasteiger partial charge in [-0.1, -0.05) is 48.4 Å². The molecular formula is C34H41N3O5S. The predicted molar refractivity (Wildman–Crippen MR) is 170 cm³/mol. The van der Waals surface area contributed by atoms with Crippen LogP contribution in [-0.4, -0.2) is 49.8 Å². The van der Waals surface area contributed by atoms with Crippen LogP contribution in [0.5, 0.6) is 11.5 Å². The smallest absolute Gasteiger partial charge is 0.426 e. The average Bonchev–Trinajstić information content (AvgIpc) is 3.25. The Balaban J connectivity index is 1.70. The average molecular weight is 604 g/mol. The number of hydrogen-bond acceptors (Lipinski definition) is 6. The number of para-hydroxylation sites is 1. The number of aryl methyl sites for hydroxylation is 3. The topological polar surface area (TPSA) is 79.4 Å². The third-order valence-corrected chi connectivity index (χ3v) is 7.85. The van der Waals surface area contributed by atoms with Gasteiger partial charge < -0.3 is 9.47 Å². The number of benzene rings is 3. The number of hydrogen-bond donors (Lipinski definition) is 0. The van der Waals surface area contributed by atoms with Crippen LogP contribution >= 0.6 is 12.1 Å². The Morgan fingerprint density at radius 2 is 1.56 bits per heavy atom. The van der Waals surface area contributed by atoms with Crippen LogP contribution in [0, 0.1) is 13.8 Å². The lowest BCUT2D eigenvalue weighted by Gasteiger charge is -2.43. The van der Waals surface area contributed by atoms with Gasteiger partial charge >= 0.3 is 6.09 Å². The maximum absolute atomic E-state index is 14.2. The van der Waals surface area contributed by atoms with Gasteiger partial charge in [0.15, 0.2) is 11.5 Å². The largest absolute Gasteiger partial charge is 0.483 e. The summed E-state index contributed by atoms with van der Waals surface area (Å²) in [5.41, 5.74) is 3.46. The fourth-order valence-electron chi connectivity index (χ4n) is 5.01. The number of carbonyl (C=O) groups excluding carboxylic acids is 3. The van der Waals surface area contributed by atoms with E-state index in [0.717, 1.165) is 40.8 Å². The number of rotatable bonds is 6. The van der Waals surface area contributed by atoms with Gasteiger partial charge in [-0.3, -0.25) is 9.59 Å². The van der Waals surface area contributed by atoms with Crippen molar-refractivity contribution in [3.8, 4) is 11.5 Å². The van der Waals surface area contributed by atoms with Gasteiger partial charge in [0.25, 0.3) is 11.8 Å². The first-order chi connectivity index (χ1) is 20.1. The van der Waals surface area contributed by atoms with E-state index in [1.165, 1.54) is 20.8 Å². The molecule has 43 heavy (non-hydrogen) atoms. The van der Waals surface area contributed by atoms with Crippen molar-refractivity contribution in [3.05, 3.63) is 94.0 Å². The maximum atomic E-state index is 14.2. The highest BCUT2D eigenvalue weighted by molar-refractivity contribution is 7.95. The molecule has 0 saturated heterocycles. The van der Waals surface area contributed by atoms with Crippen molar-refractivity contribution in [1.29, 1.82) is 0 Å². The molecule has 3 aromatic carbocycles. The Morgan fingerprint density at radius 3 is 2.14 bits per heavy atom. The molecule has 3 amide bonds. The second-order valence-corrected chi connectivity index (χ2v) is 13.6. The van der Waals surface area contributed by atoms with Crippen LogP contribution in [0.25, 0.3) is 0 Å². The fraction of sp³-hybridized carbons (Fsp3) is 0.382. The molecule has 0 bridgehead atoms. The zero-order chi connectivity index (χ0) is 31.7. The third-order valence-electron chi connectivity index (χ3n) is 6.97. The normalized spacial score (nSPS) is 13.5. The second kappa shape index (κ2) is 12.3. The molecule has 0 spiro atoms. The molecule has 8 nitrogen and oxygen atoms in total. The quantitative estimate of drug-likeness (QED) is 0.214. The summed E-state index contributed by atoms with van der Waals surface area (Å²) in [7, 11) is 1.50. The molecule has 9 heteroatoms. The van der Waals surface area contributed by atoms with Crippen molar-refractivity contribution in [1.82, 2.24) is 13.7 Å². The van der Waals surface area contributed by atoms with Crippen molar-refractivity contribution in [2.45, 2.75) is 79.4 Å². The molecule has 0 unspecified atom stereocenters. The molecule has 1 heterocycles. The summed E-state index contributed by atoms with van der Waals surface area (Å²) in [6.07, 6.45) is 0.794. The van der Waals surface area contributed by atoms with Crippen LogP contribution in [-0.2, 0) is 12.8 Å². The molecule has 0 radical (unpaired) electrons. The number of carbonyl (C=O) groups is 3. The third kappa shape index (κ3) is 7.33. The van der Waals surface area contributed by atoms with Crippen LogP contribution in [0.2, 0.25) is 0 Å². The molecule has 4 rings (SSSR count). The minimum atomic E-state index is -0.842. The Labute approximate surface area is 259 Å². The van der Waals surface area contributed by atoms with Gasteiger partial charge in [0, 0.05) is 30.2 Å². The van der Waals surface area contributed by atoms with Gasteiger partial charge in [-0.2, -0.15) is 4.41 Å². The Hall–Kier alpha value is -3.98. The SMILES string of the molecule is CCc1ccc(C(=O)N(SN(C)C(=O)Oc2cccc3c2OC(C)(C)C3)N(C(=O)c2cc(C)cc(C)c2)C(C)(C)C)cc1. The van der Waals surface area contributed by atoms with E-state index in [9.17, 15) is 14.4 Å². The van der Waals surface area contributed by atoms with E-state index in [-0.39, 0.29) is 5.91 Å². The van der Waals surface area contributed by atoms with Crippen molar-refractivity contribution < 1.29 is 23.9 Å². The van der Waals surface area contributed by atoms with E-state index in [1.54, 1.807) is 30.3 Å². The molecule has 0 saturated carbocycles. The van der Waals surface area contributed by atoms with Crippen LogP contribution in [0.1, 0.15) is 84.5 Å². The minimum absolute atomic E-state index is 0.299. The Kier molecular flexibility index (Phi) is 9.16. The van der Waals surface area contributed by atoms with Crippen molar-refractivity contribution >= 4 is 30.0 Å². The second-order valence-electron chi connectivity index (χ2n) is 12.5. The number of amides is 3. The van der Waals surface area contributed by atoms with Crippen molar-refractivity contribution in [2.75, 3.05) is 7.05 Å². The predicted octanol–water partition coefficient (Wildman–Crippen LogP) is 7.57. The molecule has 1 aliphatic rings. The van der Waals surface area contributed by atoms with Gasteiger partial charge in [-0.15, -0.1) is 0 Å². The zero-order valence-corrected chi connectivity index (χ0v) is 27.3. The summed E-state index contributed by atoms with van der Waals surface area (Å²) in [6, 6.07) is 18.3. The molecular weight excluding hydrogens is 562 g/mol. The monoisotopic (exact) mass is 603 g/mol.